The van der Waals surface area contributed by atoms with Crippen molar-refractivity contribution in [3.8, 4) is 0 Å². The molecule has 2 rings (SSSR count). The number of nitrogens with zero attached hydrogens (tertiary/aromatic N) is 1. The van der Waals surface area contributed by atoms with E-state index >= 15 is 0 Å². The van der Waals surface area contributed by atoms with Crippen molar-refractivity contribution >= 4 is 12.1 Å². The van der Waals surface area contributed by atoms with Gasteiger partial charge in [-0.25, -0.2) is 13.6 Å². The van der Waals surface area contributed by atoms with Gasteiger partial charge in [0.1, 0.15) is 17.2 Å². The third-order valence-corrected chi connectivity index (χ3v) is 4.88. The van der Waals surface area contributed by atoms with E-state index in [2.05, 4.69) is 6.58 Å². The van der Waals surface area contributed by atoms with E-state index in [-0.39, 0.29) is 31.6 Å². The SMILES string of the molecule is C=CCOC1CC([C@@H](O)[C@H](Cc2cc(F)cc(F)c2)C(=O)O)N(C(=O)OC(C)(C)C)C1. The molecule has 1 aromatic rings. The van der Waals surface area contributed by atoms with E-state index in [4.69, 9.17) is 9.47 Å². The standard InChI is InChI=1S/C22H29F2NO6/c1-5-6-30-16-11-18(25(12-16)21(29)31-22(2,3)4)19(26)17(20(27)28)9-13-7-14(23)10-15(24)8-13/h5,7-8,10,16-19,26H,1,6,9,11-12H2,2-4H3,(H,27,28)/t16?,17-,18?,19-/m0/s1. The van der Waals surface area contributed by atoms with Crippen molar-refractivity contribution in [3.05, 3.63) is 48.1 Å². The fourth-order valence-corrected chi connectivity index (χ4v) is 3.61. The van der Waals surface area contributed by atoms with Crippen molar-refractivity contribution in [1.82, 2.24) is 4.90 Å². The molecule has 0 saturated carbocycles. The zero-order chi connectivity index (χ0) is 23.3. The molecule has 0 aromatic heterocycles. The van der Waals surface area contributed by atoms with E-state index in [0.29, 0.717) is 6.07 Å². The van der Waals surface area contributed by atoms with Gasteiger partial charge in [-0.15, -0.1) is 6.58 Å². The topological polar surface area (TPSA) is 96.3 Å². The van der Waals surface area contributed by atoms with Crippen LogP contribution in [0, 0.1) is 17.6 Å². The Morgan fingerprint density at radius 3 is 2.42 bits per heavy atom. The number of carboxylic acid groups (broad SMARTS) is 1. The molecular formula is C22H29F2NO6. The predicted molar refractivity (Wildman–Crippen MR) is 108 cm³/mol. The van der Waals surface area contributed by atoms with Crippen molar-refractivity contribution in [2.75, 3.05) is 13.2 Å². The largest absolute Gasteiger partial charge is 0.481 e. The summed E-state index contributed by atoms with van der Waals surface area (Å²) in [5, 5.41) is 20.6. The average Bonchev–Trinajstić information content (AvgIpc) is 3.06. The summed E-state index contributed by atoms with van der Waals surface area (Å²) >= 11 is 0. The number of carboxylic acids is 1. The maximum Gasteiger partial charge on any atom is 0.410 e. The van der Waals surface area contributed by atoms with Crippen LogP contribution in [0.2, 0.25) is 0 Å². The van der Waals surface area contributed by atoms with Crippen molar-refractivity contribution < 1.29 is 38.1 Å². The van der Waals surface area contributed by atoms with Crippen LogP contribution in [-0.2, 0) is 20.7 Å². The normalized spacial score (nSPS) is 20.9. The number of amides is 1. The molecule has 0 aliphatic carbocycles. The van der Waals surface area contributed by atoms with E-state index in [0.717, 1.165) is 12.1 Å². The summed E-state index contributed by atoms with van der Waals surface area (Å²) in [6, 6.07) is 1.80. The smallest absolute Gasteiger partial charge is 0.410 e. The molecule has 1 fully saturated rings. The van der Waals surface area contributed by atoms with Gasteiger partial charge in [-0.3, -0.25) is 9.69 Å². The molecular weight excluding hydrogens is 412 g/mol. The lowest BCUT2D eigenvalue weighted by Gasteiger charge is -2.33. The van der Waals surface area contributed by atoms with Crippen LogP contribution in [0.15, 0.2) is 30.9 Å². The van der Waals surface area contributed by atoms with Gasteiger partial charge in [0, 0.05) is 6.07 Å². The molecule has 0 bridgehead atoms. The molecule has 1 aliphatic rings. The Balaban J connectivity index is 2.27. The Morgan fingerprint density at radius 1 is 1.29 bits per heavy atom. The number of benzene rings is 1. The lowest BCUT2D eigenvalue weighted by molar-refractivity contribution is -0.147. The monoisotopic (exact) mass is 441 g/mol. The highest BCUT2D eigenvalue weighted by atomic mass is 19.1. The van der Waals surface area contributed by atoms with E-state index in [1.54, 1.807) is 26.8 Å². The quantitative estimate of drug-likeness (QED) is 0.602. The van der Waals surface area contributed by atoms with Crippen LogP contribution < -0.4 is 0 Å². The van der Waals surface area contributed by atoms with Gasteiger partial charge < -0.3 is 19.7 Å². The van der Waals surface area contributed by atoms with Crippen molar-refractivity contribution in [3.63, 3.8) is 0 Å². The first-order chi connectivity index (χ1) is 14.4. The van der Waals surface area contributed by atoms with Crippen LogP contribution in [0.3, 0.4) is 0 Å². The minimum absolute atomic E-state index is 0.0882. The molecule has 2 unspecified atom stereocenters. The predicted octanol–water partition coefficient (Wildman–Crippen LogP) is 3.15. The van der Waals surface area contributed by atoms with E-state index in [1.807, 2.05) is 0 Å². The summed E-state index contributed by atoms with van der Waals surface area (Å²) in [6.45, 7) is 8.97. The second-order valence-electron chi connectivity index (χ2n) is 8.60. The average molecular weight is 441 g/mol. The van der Waals surface area contributed by atoms with E-state index in [9.17, 15) is 28.6 Å². The molecule has 172 valence electrons. The summed E-state index contributed by atoms with van der Waals surface area (Å²) in [7, 11) is 0. The van der Waals surface area contributed by atoms with Crippen molar-refractivity contribution in [2.45, 2.75) is 57.5 Å². The molecule has 1 amide bonds. The van der Waals surface area contributed by atoms with Crippen molar-refractivity contribution in [1.29, 1.82) is 0 Å². The number of hydrogen-bond acceptors (Lipinski definition) is 5. The van der Waals surface area contributed by atoms with Gasteiger partial charge in [-0.05, 0) is 51.3 Å². The summed E-state index contributed by atoms with van der Waals surface area (Å²) in [5.74, 6) is -4.45. The Kier molecular flexibility index (Phi) is 8.14. The Bertz CT molecular complexity index is 789. The minimum atomic E-state index is -1.52. The lowest BCUT2D eigenvalue weighted by atomic mass is 9.88. The number of rotatable bonds is 8. The highest BCUT2D eigenvalue weighted by Gasteiger charge is 2.45. The highest BCUT2D eigenvalue weighted by molar-refractivity contribution is 5.72. The van der Waals surface area contributed by atoms with Gasteiger partial charge in [0.05, 0.1) is 37.3 Å². The second kappa shape index (κ2) is 10.2. The number of likely N-dealkylation sites (tertiary alicyclic amines) is 1. The van der Waals surface area contributed by atoms with Crippen LogP contribution >= 0.6 is 0 Å². The molecule has 1 aromatic carbocycles. The van der Waals surface area contributed by atoms with Gasteiger partial charge in [0.25, 0.3) is 0 Å². The second-order valence-corrected chi connectivity index (χ2v) is 8.60. The summed E-state index contributed by atoms with van der Waals surface area (Å²) in [5.41, 5.74) is -0.706. The van der Waals surface area contributed by atoms with E-state index < -0.39 is 53.5 Å². The summed E-state index contributed by atoms with van der Waals surface area (Å²) in [4.78, 5) is 25.9. The molecule has 0 spiro atoms. The molecule has 1 saturated heterocycles. The molecule has 31 heavy (non-hydrogen) atoms. The molecule has 7 nitrogen and oxygen atoms in total. The fourth-order valence-electron chi connectivity index (χ4n) is 3.61. The lowest BCUT2D eigenvalue weighted by Crippen LogP contribution is -2.49. The molecule has 1 heterocycles. The maximum absolute atomic E-state index is 13.5. The van der Waals surface area contributed by atoms with Gasteiger partial charge >= 0.3 is 12.1 Å². The maximum atomic E-state index is 13.5. The van der Waals surface area contributed by atoms with E-state index in [1.165, 1.54) is 4.90 Å². The van der Waals surface area contributed by atoms with Crippen LogP contribution in [0.5, 0.6) is 0 Å². The minimum Gasteiger partial charge on any atom is -0.481 e. The van der Waals surface area contributed by atoms with Crippen LogP contribution in [-0.4, -0.2) is 64.2 Å². The number of aliphatic carboxylic acids is 1. The Hall–Kier alpha value is -2.52. The molecule has 1 aliphatic heterocycles. The summed E-state index contributed by atoms with van der Waals surface area (Å²) in [6.07, 6.45) is -1.28. The van der Waals surface area contributed by atoms with Gasteiger partial charge in [-0.1, -0.05) is 6.08 Å². The third-order valence-electron chi connectivity index (χ3n) is 4.88. The number of ether oxygens (including phenoxy) is 2. The first kappa shape index (κ1) is 24.7. The Morgan fingerprint density at radius 2 is 1.90 bits per heavy atom. The van der Waals surface area contributed by atoms with Crippen LogP contribution in [0.1, 0.15) is 32.8 Å². The molecule has 2 N–H and O–H groups in total. The number of carbonyl (C=O) groups is 2. The molecule has 4 atom stereocenters. The number of carbonyl (C=O) groups excluding carboxylic acids is 1. The zero-order valence-electron chi connectivity index (χ0n) is 17.9. The first-order valence-corrected chi connectivity index (χ1v) is 9.99. The zero-order valence-corrected chi connectivity index (χ0v) is 17.9. The molecule has 0 radical (unpaired) electrons. The number of halogens is 2. The number of hydrogen-bond donors (Lipinski definition) is 2. The number of aliphatic hydroxyl groups excluding tert-OH is 1. The number of aliphatic hydroxyl groups is 1. The highest BCUT2D eigenvalue weighted by Crippen LogP contribution is 2.30. The first-order valence-electron chi connectivity index (χ1n) is 9.99. The Labute approximate surface area is 180 Å². The third kappa shape index (κ3) is 7.00. The van der Waals surface area contributed by atoms with Gasteiger partial charge in [0.2, 0.25) is 0 Å². The molecule has 9 heteroatoms. The van der Waals surface area contributed by atoms with Gasteiger partial charge in [0.15, 0.2) is 0 Å². The van der Waals surface area contributed by atoms with Gasteiger partial charge in [-0.2, -0.15) is 0 Å². The van der Waals surface area contributed by atoms with Crippen molar-refractivity contribution in [2.24, 2.45) is 5.92 Å². The van der Waals surface area contributed by atoms with Crippen LogP contribution in [0.25, 0.3) is 0 Å². The summed E-state index contributed by atoms with van der Waals surface area (Å²) < 4.78 is 38.1. The van der Waals surface area contributed by atoms with Crippen LogP contribution in [0.4, 0.5) is 13.6 Å². The fraction of sp³-hybridized carbons (Fsp3) is 0.545.